The van der Waals surface area contributed by atoms with Crippen molar-refractivity contribution in [2.75, 3.05) is 33.2 Å². The van der Waals surface area contributed by atoms with E-state index in [1.54, 1.807) is 4.90 Å². The molecule has 1 atom stereocenters. The minimum atomic E-state index is -0.969. The summed E-state index contributed by atoms with van der Waals surface area (Å²) in [5, 5.41) is 17.6. The number of likely N-dealkylation sites (tertiary alicyclic amines) is 1. The molecule has 1 unspecified atom stereocenters. The summed E-state index contributed by atoms with van der Waals surface area (Å²) in [5.74, 6) is -1.94. The van der Waals surface area contributed by atoms with Crippen molar-refractivity contribution < 1.29 is 19.8 Å². The van der Waals surface area contributed by atoms with Gasteiger partial charge in [0.1, 0.15) is 0 Å². The first-order chi connectivity index (χ1) is 7.99. The first-order valence-electron chi connectivity index (χ1n) is 5.85. The van der Waals surface area contributed by atoms with E-state index in [1.807, 2.05) is 7.05 Å². The zero-order valence-corrected chi connectivity index (χ0v) is 10.1. The van der Waals surface area contributed by atoms with Crippen LogP contribution in [-0.4, -0.2) is 71.2 Å². The number of carboxylic acids is 2. The van der Waals surface area contributed by atoms with Crippen LogP contribution in [0.4, 0.5) is 0 Å². The van der Waals surface area contributed by atoms with Gasteiger partial charge in [0.05, 0.1) is 13.1 Å². The predicted octanol–water partition coefficient (Wildman–Crippen LogP) is -0.0581. The number of carbonyl (C=O) groups is 2. The minimum Gasteiger partial charge on any atom is -0.480 e. The first-order valence-corrected chi connectivity index (χ1v) is 5.85. The third kappa shape index (κ3) is 5.14. The van der Waals surface area contributed by atoms with Crippen LogP contribution in [0.3, 0.4) is 0 Å². The molecular weight excluding hydrogens is 224 g/mol. The fraction of sp³-hybridized carbons (Fsp3) is 0.818. The van der Waals surface area contributed by atoms with Crippen molar-refractivity contribution in [1.82, 2.24) is 9.80 Å². The average molecular weight is 244 g/mol. The molecule has 0 aromatic heterocycles. The largest absolute Gasteiger partial charge is 0.480 e. The second kappa shape index (κ2) is 6.56. The molecule has 1 saturated heterocycles. The monoisotopic (exact) mass is 244 g/mol. The maximum atomic E-state index is 10.7. The first kappa shape index (κ1) is 13.9. The molecule has 0 amide bonds. The molecule has 0 aromatic carbocycles. The van der Waals surface area contributed by atoms with Gasteiger partial charge >= 0.3 is 11.9 Å². The van der Waals surface area contributed by atoms with Gasteiger partial charge in [-0.2, -0.15) is 0 Å². The van der Waals surface area contributed by atoms with Crippen LogP contribution in [0.25, 0.3) is 0 Å². The van der Waals surface area contributed by atoms with Gasteiger partial charge in [0.2, 0.25) is 0 Å². The number of hydrogen-bond donors (Lipinski definition) is 2. The lowest BCUT2D eigenvalue weighted by Gasteiger charge is -2.27. The van der Waals surface area contributed by atoms with Gasteiger partial charge < -0.3 is 15.1 Å². The van der Waals surface area contributed by atoms with Crippen molar-refractivity contribution in [3.8, 4) is 0 Å². The summed E-state index contributed by atoms with van der Waals surface area (Å²) in [6.45, 7) is 1.49. The average Bonchev–Trinajstić information content (AvgIpc) is 2.40. The highest BCUT2D eigenvalue weighted by Crippen LogP contribution is 2.15. The van der Waals surface area contributed by atoms with Gasteiger partial charge in [-0.3, -0.25) is 14.5 Å². The van der Waals surface area contributed by atoms with Crippen LogP contribution < -0.4 is 0 Å². The van der Waals surface area contributed by atoms with Crippen LogP contribution in [0, 0.1) is 0 Å². The molecule has 1 aliphatic rings. The number of aliphatic carboxylic acids is 2. The lowest BCUT2D eigenvalue weighted by atomic mass is 10.1. The van der Waals surface area contributed by atoms with Crippen LogP contribution in [0.15, 0.2) is 0 Å². The highest BCUT2D eigenvalue weighted by molar-refractivity contribution is 5.72. The number of hydrogen-bond acceptors (Lipinski definition) is 4. The summed E-state index contributed by atoms with van der Waals surface area (Å²) in [7, 11) is 2.03. The highest BCUT2D eigenvalue weighted by atomic mass is 16.4. The van der Waals surface area contributed by atoms with E-state index in [1.165, 1.54) is 0 Å². The highest BCUT2D eigenvalue weighted by Gasteiger charge is 2.24. The molecule has 1 fully saturated rings. The quantitative estimate of drug-likeness (QED) is 0.705. The Labute approximate surface area is 101 Å². The zero-order chi connectivity index (χ0) is 12.8. The number of carboxylic acid groups (broad SMARTS) is 2. The Balaban J connectivity index is 2.60. The van der Waals surface area contributed by atoms with Crippen molar-refractivity contribution in [2.45, 2.75) is 25.3 Å². The Hall–Kier alpha value is -1.14. The van der Waals surface area contributed by atoms with Gasteiger partial charge in [-0.05, 0) is 39.4 Å². The second-order valence-corrected chi connectivity index (χ2v) is 4.58. The molecule has 0 aromatic rings. The van der Waals surface area contributed by atoms with E-state index in [4.69, 9.17) is 10.2 Å². The molecule has 0 bridgehead atoms. The summed E-state index contributed by atoms with van der Waals surface area (Å²) in [6.07, 6.45) is 2.68. The lowest BCUT2D eigenvalue weighted by Crippen LogP contribution is -2.42. The van der Waals surface area contributed by atoms with Gasteiger partial charge in [-0.1, -0.05) is 0 Å². The fourth-order valence-corrected chi connectivity index (χ4v) is 2.25. The number of rotatable bonds is 5. The van der Waals surface area contributed by atoms with Crippen molar-refractivity contribution in [2.24, 2.45) is 0 Å². The van der Waals surface area contributed by atoms with E-state index in [-0.39, 0.29) is 19.1 Å². The maximum Gasteiger partial charge on any atom is 0.317 e. The predicted molar refractivity (Wildman–Crippen MR) is 62.0 cm³/mol. The molecule has 6 heteroatoms. The molecule has 1 heterocycles. The van der Waals surface area contributed by atoms with Crippen molar-refractivity contribution in [1.29, 1.82) is 0 Å². The van der Waals surface area contributed by atoms with Gasteiger partial charge in [0.15, 0.2) is 0 Å². The third-order valence-electron chi connectivity index (χ3n) is 3.11. The summed E-state index contributed by atoms with van der Waals surface area (Å²) < 4.78 is 0. The molecule has 0 spiro atoms. The van der Waals surface area contributed by atoms with Crippen molar-refractivity contribution >= 4 is 11.9 Å². The van der Waals surface area contributed by atoms with Crippen LogP contribution in [-0.2, 0) is 9.59 Å². The molecule has 1 aliphatic heterocycles. The fourth-order valence-electron chi connectivity index (χ4n) is 2.25. The van der Waals surface area contributed by atoms with Crippen LogP contribution in [0.1, 0.15) is 19.3 Å². The van der Waals surface area contributed by atoms with Gasteiger partial charge in [-0.25, -0.2) is 0 Å². The molecule has 2 N–H and O–H groups in total. The van der Waals surface area contributed by atoms with E-state index in [0.29, 0.717) is 0 Å². The van der Waals surface area contributed by atoms with Crippen LogP contribution in [0.5, 0.6) is 0 Å². The van der Waals surface area contributed by atoms with Crippen LogP contribution >= 0.6 is 0 Å². The molecule has 1 rings (SSSR count). The molecule has 98 valence electrons. The molecule has 6 nitrogen and oxygen atoms in total. The molecule has 0 saturated carbocycles. The molecule has 0 radical (unpaired) electrons. The minimum absolute atomic E-state index is 0.0622. The Bertz CT molecular complexity index is 267. The standard InChI is InChI=1S/C11H20N2O4/c1-12-5-2-3-9(4-6-12)13(7-10(14)15)8-11(16)17/h9H,2-8H2,1H3,(H,14,15)(H,16,17). The van der Waals surface area contributed by atoms with Gasteiger partial charge in [-0.15, -0.1) is 0 Å². The van der Waals surface area contributed by atoms with Crippen molar-refractivity contribution in [3.05, 3.63) is 0 Å². The van der Waals surface area contributed by atoms with Crippen LogP contribution in [0.2, 0.25) is 0 Å². The van der Waals surface area contributed by atoms with E-state index in [2.05, 4.69) is 4.90 Å². The van der Waals surface area contributed by atoms with E-state index in [0.717, 1.165) is 32.4 Å². The Morgan fingerprint density at radius 3 is 2.29 bits per heavy atom. The molecule has 17 heavy (non-hydrogen) atoms. The smallest absolute Gasteiger partial charge is 0.317 e. The lowest BCUT2D eigenvalue weighted by molar-refractivity contribution is -0.143. The zero-order valence-electron chi connectivity index (χ0n) is 10.1. The molecular formula is C11H20N2O4. The number of nitrogens with zero attached hydrogens (tertiary/aromatic N) is 2. The summed E-state index contributed by atoms with van der Waals surface area (Å²) in [4.78, 5) is 25.2. The third-order valence-corrected chi connectivity index (χ3v) is 3.11. The van der Waals surface area contributed by atoms with Crippen molar-refractivity contribution in [3.63, 3.8) is 0 Å². The Morgan fingerprint density at radius 1 is 1.18 bits per heavy atom. The topological polar surface area (TPSA) is 81.1 Å². The Morgan fingerprint density at radius 2 is 1.76 bits per heavy atom. The second-order valence-electron chi connectivity index (χ2n) is 4.58. The summed E-state index contributed by atoms with van der Waals surface area (Å²) >= 11 is 0. The van der Waals surface area contributed by atoms with E-state index >= 15 is 0 Å². The van der Waals surface area contributed by atoms with Gasteiger partial charge in [0, 0.05) is 6.04 Å². The summed E-state index contributed by atoms with van der Waals surface area (Å²) in [5.41, 5.74) is 0. The Kier molecular flexibility index (Phi) is 5.37. The molecule has 0 aliphatic carbocycles. The maximum absolute atomic E-state index is 10.7. The van der Waals surface area contributed by atoms with Gasteiger partial charge in [0.25, 0.3) is 0 Å². The van der Waals surface area contributed by atoms with E-state index in [9.17, 15) is 9.59 Å². The summed E-state index contributed by atoms with van der Waals surface area (Å²) in [6, 6.07) is 0.0622. The SMILES string of the molecule is CN1CCCC(N(CC(=O)O)CC(=O)O)CC1. The normalized spacial score (nSPS) is 22.4. The van der Waals surface area contributed by atoms with E-state index < -0.39 is 11.9 Å².